The summed E-state index contributed by atoms with van der Waals surface area (Å²) in [6.07, 6.45) is 2.03. The maximum Gasteiger partial charge on any atom is 0.308 e. The molecule has 0 saturated carbocycles. The lowest BCUT2D eigenvalue weighted by atomic mass is 10.3. The number of hydrogen-bond donors (Lipinski definition) is 1. The average molecular weight is 240 g/mol. The summed E-state index contributed by atoms with van der Waals surface area (Å²) in [5.41, 5.74) is 6.47. The summed E-state index contributed by atoms with van der Waals surface area (Å²) in [5, 5.41) is 0. The fourth-order valence-corrected chi connectivity index (χ4v) is 2.99. The first-order valence-electron chi connectivity index (χ1n) is 4.63. The maximum atomic E-state index is 11.6. The molecule has 0 amide bonds. The van der Waals surface area contributed by atoms with Crippen LogP contribution in [0.4, 0.5) is 0 Å². The second kappa shape index (κ2) is 4.38. The first-order valence-corrected chi connectivity index (χ1v) is 6.68. The number of fused-ring (bicyclic) bond motifs is 1. The van der Waals surface area contributed by atoms with Crippen LogP contribution in [0.5, 0.6) is 0 Å². The molecule has 0 aliphatic carbocycles. The van der Waals surface area contributed by atoms with Gasteiger partial charge in [-0.05, 0) is 24.5 Å². The highest BCUT2D eigenvalue weighted by Gasteiger charge is 2.06. The number of hydrogen-bond acceptors (Lipinski definition) is 4. The van der Waals surface area contributed by atoms with E-state index in [2.05, 4.69) is 6.07 Å². The van der Waals surface area contributed by atoms with E-state index in [9.17, 15) is 4.79 Å². The molecule has 1 aromatic carbocycles. The van der Waals surface area contributed by atoms with Crippen LogP contribution in [-0.4, -0.2) is 17.4 Å². The Balaban J connectivity index is 2.63. The molecule has 0 spiro atoms. The summed E-state index contributed by atoms with van der Waals surface area (Å²) in [5.74, 6) is 0. The van der Waals surface area contributed by atoms with E-state index >= 15 is 0 Å². The minimum atomic E-state index is 0.0775. The Kier molecular flexibility index (Phi) is 3.14. The molecule has 2 aromatic rings. The smallest absolute Gasteiger partial charge is 0.308 e. The van der Waals surface area contributed by atoms with Crippen molar-refractivity contribution in [2.45, 2.75) is 11.4 Å². The van der Waals surface area contributed by atoms with Gasteiger partial charge in [-0.25, -0.2) is 0 Å². The van der Waals surface area contributed by atoms with E-state index in [1.54, 1.807) is 16.3 Å². The standard InChI is InChI=1S/C10H12N2OS2/c1-14-7-2-3-8-9(6-7)15-10(13)12(8)5-4-11/h2-3,6H,4-5,11H2,1H3. The number of nitrogens with two attached hydrogens (primary N) is 1. The number of thiazole rings is 1. The maximum absolute atomic E-state index is 11.6. The molecular formula is C10H12N2OS2. The van der Waals surface area contributed by atoms with Crippen molar-refractivity contribution in [2.75, 3.05) is 12.8 Å². The SMILES string of the molecule is CSc1ccc2c(c1)sc(=O)n2CCN. The molecule has 0 radical (unpaired) electrons. The van der Waals surface area contributed by atoms with Gasteiger partial charge in [-0.3, -0.25) is 9.36 Å². The minimum Gasteiger partial charge on any atom is -0.329 e. The van der Waals surface area contributed by atoms with Crippen LogP contribution in [-0.2, 0) is 6.54 Å². The van der Waals surface area contributed by atoms with Crippen LogP contribution >= 0.6 is 23.1 Å². The van der Waals surface area contributed by atoms with Gasteiger partial charge in [0.1, 0.15) is 0 Å². The molecule has 0 saturated heterocycles. The Morgan fingerprint density at radius 1 is 1.53 bits per heavy atom. The third-order valence-electron chi connectivity index (χ3n) is 2.23. The number of aromatic nitrogens is 1. The Hall–Kier alpha value is -0.780. The van der Waals surface area contributed by atoms with E-state index in [1.165, 1.54) is 16.2 Å². The highest BCUT2D eigenvalue weighted by molar-refractivity contribution is 7.98. The predicted octanol–water partition coefficient (Wildman–Crippen LogP) is 1.74. The molecular weight excluding hydrogens is 228 g/mol. The van der Waals surface area contributed by atoms with E-state index in [0.29, 0.717) is 13.1 Å². The molecule has 3 nitrogen and oxygen atoms in total. The summed E-state index contributed by atoms with van der Waals surface area (Å²) >= 11 is 2.97. The van der Waals surface area contributed by atoms with Crippen molar-refractivity contribution in [1.82, 2.24) is 4.57 Å². The number of rotatable bonds is 3. The largest absolute Gasteiger partial charge is 0.329 e. The lowest BCUT2D eigenvalue weighted by Gasteiger charge is -2.01. The van der Waals surface area contributed by atoms with Gasteiger partial charge in [-0.1, -0.05) is 11.3 Å². The molecule has 1 aromatic heterocycles. The lowest BCUT2D eigenvalue weighted by Crippen LogP contribution is -2.18. The van der Waals surface area contributed by atoms with Crippen molar-refractivity contribution in [1.29, 1.82) is 0 Å². The number of thioether (sulfide) groups is 1. The summed E-state index contributed by atoms with van der Waals surface area (Å²) in [6, 6.07) is 6.08. The van der Waals surface area contributed by atoms with Gasteiger partial charge < -0.3 is 5.73 Å². The Morgan fingerprint density at radius 2 is 2.33 bits per heavy atom. The van der Waals surface area contributed by atoms with E-state index < -0.39 is 0 Å². The fourth-order valence-electron chi connectivity index (χ4n) is 1.51. The molecule has 0 bridgehead atoms. The predicted molar refractivity (Wildman–Crippen MR) is 66.9 cm³/mol. The highest BCUT2D eigenvalue weighted by Crippen LogP contribution is 2.23. The van der Waals surface area contributed by atoms with Crippen LogP contribution in [0, 0.1) is 0 Å². The summed E-state index contributed by atoms with van der Waals surface area (Å²) in [4.78, 5) is 12.9. The van der Waals surface area contributed by atoms with Gasteiger partial charge in [-0.15, -0.1) is 11.8 Å². The van der Waals surface area contributed by atoms with Gasteiger partial charge in [0.25, 0.3) is 0 Å². The van der Waals surface area contributed by atoms with E-state index in [1.807, 2.05) is 18.4 Å². The van der Waals surface area contributed by atoms with Crippen LogP contribution in [0.1, 0.15) is 0 Å². The zero-order chi connectivity index (χ0) is 10.8. The van der Waals surface area contributed by atoms with Crippen molar-refractivity contribution in [3.05, 3.63) is 27.9 Å². The molecule has 0 aliphatic rings. The van der Waals surface area contributed by atoms with Crippen LogP contribution in [0.2, 0.25) is 0 Å². The number of nitrogens with zero attached hydrogens (tertiary/aromatic N) is 1. The van der Waals surface area contributed by atoms with Gasteiger partial charge >= 0.3 is 4.87 Å². The van der Waals surface area contributed by atoms with E-state index in [0.717, 1.165) is 10.2 Å². The van der Waals surface area contributed by atoms with Crippen LogP contribution in [0.3, 0.4) is 0 Å². The van der Waals surface area contributed by atoms with Crippen molar-refractivity contribution in [3.63, 3.8) is 0 Å². The highest BCUT2D eigenvalue weighted by atomic mass is 32.2. The van der Waals surface area contributed by atoms with Gasteiger partial charge in [0.15, 0.2) is 0 Å². The zero-order valence-electron chi connectivity index (χ0n) is 8.40. The molecule has 5 heteroatoms. The molecule has 80 valence electrons. The lowest BCUT2D eigenvalue weighted by molar-refractivity contribution is 0.721. The first kappa shape index (κ1) is 10.7. The van der Waals surface area contributed by atoms with Gasteiger partial charge in [-0.2, -0.15) is 0 Å². The summed E-state index contributed by atoms with van der Waals surface area (Å²) in [6.45, 7) is 1.09. The summed E-state index contributed by atoms with van der Waals surface area (Å²) in [7, 11) is 0. The van der Waals surface area contributed by atoms with Crippen LogP contribution in [0.15, 0.2) is 27.9 Å². The van der Waals surface area contributed by atoms with E-state index in [4.69, 9.17) is 5.73 Å². The fraction of sp³-hybridized carbons (Fsp3) is 0.300. The monoisotopic (exact) mass is 240 g/mol. The molecule has 0 unspecified atom stereocenters. The summed E-state index contributed by atoms with van der Waals surface area (Å²) < 4.78 is 2.78. The average Bonchev–Trinajstić information content (AvgIpc) is 2.55. The molecule has 2 N–H and O–H groups in total. The molecule has 0 atom stereocenters. The van der Waals surface area contributed by atoms with Gasteiger partial charge in [0.05, 0.1) is 10.2 Å². The quantitative estimate of drug-likeness (QED) is 0.831. The third-order valence-corrected chi connectivity index (χ3v) is 3.90. The van der Waals surface area contributed by atoms with Crippen LogP contribution < -0.4 is 10.6 Å². The van der Waals surface area contributed by atoms with Gasteiger partial charge in [0.2, 0.25) is 0 Å². The minimum absolute atomic E-state index is 0.0775. The normalized spacial score (nSPS) is 11.1. The van der Waals surface area contributed by atoms with Crippen LogP contribution in [0.25, 0.3) is 10.2 Å². The number of benzene rings is 1. The molecule has 2 rings (SSSR count). The second-order valence-corrected chi connectivity index (χ2v) is 5.01. The third kappa shape index (κ3) is 1.95. The second-order valence-electron chi connectivity index (χ2n) is 3.14. The van der Waals surface area contributed by atoms with Crippen molar-refractivity contribution in [3.8, 4) is 0 Å². The first-order chi connectivity index (χ1) is 7.26. The molecule has 0 aliphatic heterocycles. The van der Waals surface area contributed by atoms with Crippen molar-refractivity contribution < 1.29 is 0 Å². The molecule has 15 heavy (non-hydrogen) atoms. The Bertz CT molecular complexity index is 530. The van der Waals surface area contributed by atoms with Crippen molar-refractivity contribution in [2.24, 2.45) is 5.73 Å². The van der Waals surface area contributed by atoms with Gasteiger partial charge in [0, 0.05) is 18.0 Å². The Morgan fingerprint density at radius 3 is 3.00 bits per heavy atom. The van der Waals surface area contributed by atoms with E-state index in [-0.39, 0.29) is 4.87 Å². The molecule has 1 heterocycles. The molecule has 0 fully saturated rings. The zero-order valence-corrected chi connectivity index (χ0v) is 10.0. The van der Waals surface area contributed by atoms with Crippen molar-refractivity contribution >= 4 is 33.3 Å². The topological polar surface area (TPSA) is 48.0 Å². The Labute approximate surface area is 95.9 Å².